The van der Waals surface area contributed by atoms with Crippen LogP contribution >= 0.6 is 0 Å². The van der Waals surface area contributed by atoms with Crippen molar-refractivity contribution in [2.45, 2.75) is 44.8 Å². The topological polar surface area (TPSA) is 21.7 Å². The van der Waals surface area contributed by atoms with Crippen LogP contribution in [0, 0.1) is 5.41 Å². The lowest BCUT2D eigenvalue weighted by atomic mass is 9.85. The molecule has 0 aromatic heterocycles. The van der Waals surface area contributed by atoms with Crippen LogP contribution in [0.4, 0.5) is 0 Å². The predicted molar refractivity (Wildman–Crippen MR) is 52.8 cm³/mol. The third-order valence-electron chi connectivity index (χ3n) is 3.77. The Balaban J connectivity index is 1.62. The minimum Gasteiger partial charge on any atom is -0.380 e. The van der Waals surface area contributed by atoms with E-state index in [1.807, 2.05) is 0 Å². The average molecular weight is 197 g/mol. The van der Waals surface area contributed by atoms with E-state index in [4.69, 9.17) is 9.57 Å². The largest absolute Gasteiger partial charge is 0.380 e. The Morgan fingerprint density at radius 1 is 1.21 bits per heavy atom. The van der Waals surface area contributed by atoms with Crippen LogP contribution in [-0.4, -0.2) is 37.0 Å². The fraction of sp³-hybridized carbons (Fsp3) is 1.00. The zero-order valence-corrected chi connectivity index (χ0v) is 8.87. The molecule has 0 aromatic carbocycles. The van der Waals surface area contributed by atoms with Gasteiger partial charge in [0, 0.05) is 18.0 Å². The molecule has 14 heavy (non-hydrogen) atoms. The molecule has 0 amide bonds. The van der Waals surface area contributed by atoms with E-state index >= 15 is 0 Å². The van der Waals surface area contributed by atoms with Gasteiger partial charge >= 0.3 is 0 Å². The van der Waals surface area contributed by atoms with Gasteiger partial charge in [0.2, 0.25) is 0 Å². The molecule has 0 aromatic rings. The van der Waals surface area contributed by atoms with E-state index in [-0.39, 0.29) is 0 Å². The number of rotatable bonds is 2. The summed E-state index contributed by atoms with van der Waals surface area (Å²) in [6, 6.07) is 0.692. The molecule has 0 atom stereocenters. The molecule has 0 radical (unpaired) electrons. The Bertz CT molecular complexity index is 219. The molecular weight excluding hydrogens is 178 g/mol. The van der Waals surface area contributed by atoms with E-state index < -0.39 is 0 Å². The number of hydrogen-bond donors (Lipinski definition) is 0. The Kier molecular flexibility index (Phi) is 2.08. The highest BCUT2D eigenvalue weighted by atomic mass is 16.7. The first-order valence-corrected chi connectivity index (χ1v) is 5.76. The maximum absolute atomic E-state index is 5.93. The van der Waals surface area contributed by atoms with Crippen molar-refractivity contribution in [2.24, 2.45) is 5.41 Å². The number of ether oxygens (including phenoxy) is 1. The van der Waals surface area contributed by atoms with E-state index in [2.05, 4.69) is 12.0 Å². The van der Waals surface area contributed by atoms with Gasteiger partial charge in [0.05, 0.1) is 19.3 Å². The van der Waals surface area contributed by atoms with Gasteiger partial charge in [0.15, 0.2) is 0 Å². The van der Waals surface area contributed by atoms with E-state index in [9.17, 15) is 0 Å². The van der Waals surface area contributed by atoms with Gasteiger partial charge < -0.3 is 4.74 Å². The lowest BCUT2D eigenvalue weighted by Crippen LogP contribution is -2.56. The van der Waals surface area contributed by atoms with Gasteiger partial charge in [-0.1, -0.05) is 6.92 Å². The van der Waals surface area contributed by atoms with Crippen LogP contribution in [-0.2, 0) is 9.57 Å². The van der Waals surface area contributed by atoms with Crippen LogP contribution in [0.5, 0.6) is 0 Å². The van der Waals surface area contributed by atoms with Crippen molar-refractivity contribution in [2.75, 3.05) is 19.8 Å². The molecule has 3 heteroatoms. The van der Waals surface area contributed by atoms with Crippen molar-refractivity contribution in [1.29, 1.82) is 0 Å². The normalized spacial score (nSPS) is 40.9. The van der Waals surface area contributed by atoms with Gasteiger partial charge in [-0.15, -0.1) is 0 Å². The van der Waals surface area contributed by atoms with Gasteiger partial charge in [-0.25, -0.2) is 0 Å². The Morgan fingerprint density at radius 3 is 2.36 bits per heavy atom. The second-order valence-corrected chi connectivity index (χ2v) is 5.41. The molecule has 0 N–H and O–H groups in total. The van der Waals surface area contributed by atoms with Crippen LogP contribution in [0.3, 0.4) is 0 Å². The summed E-state index contributed by atoms with van der Waals surface area (Å²) in [6.07, 6.45) is 5.73. The first-order chi connectivity index (χ1) is 6.75. The van der Waals surface area contributed by atoms with Crippen molar-refractivity contribution in [3.05, 3.63) is 0 Å². The quantitative estimate of drug-likeness (QED) is 0.671. The molecule has 4 rings (SSSR count). The van der Waals surface area contributed by atoms with Crippen molar-refractivity contribution < 1.29 is 9.57 Å². The maximum atomic E-state index is 5.93. The van der Waals surface area contributed by atoms with E-state index in [1.165, 1.54) is 25.7 Å². The summed E-state index contributed by atoms with van der Waals surface area (Å²) in [5.74, 6) is 0. The molecule has 0 spiro atoms. The zero-order chi connectivity index (χ0) is 9.60. The van der Waals surface area contributed by atoms with Gasteiger partial charge in [-0.2, -0.15) is 5.06 Å². The third-order valence-corrected chi connectivity index (χ3v) is 3.77. The smallest absolute Gasteiger partial charge is 0.0794 e. The van der Waals surface area contributed by atoms with E-state index in [1.54, 1.807) is 0 Å². The molecule has 3 nitrogen and oxygen atoms in total. The van der Waals surface area contributed by atoms with Crippen molar-refractivity contribution in [1.82, 2.24) is 5.06 Å². The molecule has 80 valence electrons. The maximum Gasteiger partial charge on any atom is 0.0794 e. The lowest BCUT2D eigenvalue weighted by Gasteiger charge is -2.49. The number of fused-ring (bicyclic) bond motifs is 3. The van der Waals surface area contributed by atoms with Gasteiger partial charge in [0.1, 0.15) is 0 Å². The number of hydroxylamine groups is 2. The first kappa shape index (κ1) is 9.13. The highest BCUT2D eigenvalue weighted by molar-refractivity contribution is 4.88. The molecular formula is C11H19NO2. The third kappa shape index (κ3) is 1.47. The molecule has 4 aliphatic rings. The second-order valence-electron chi connectivity index (χ2n) is 5.41. The zero-order valence-electron chi connectivity index (χ0n) is 8.87. The van der Waals surface area contributed by atoms with Crippen molar-refractivity contribution >= 4 is 0 Å². The van der Waals surface area contributed by atoms with Gasteiger partial charge in [-0.05, 0) is 25.7 Å². The summed E-state index contributed by atoms with van der Waals surface area (Å²) in [4.78, 5) is 5.93. The van der Waals surface area contributed by atoms with Crippen LogP contribution in [0.2, 0.25) is 0 Å². The summed E-state index contributed by atoms with van der Waals surface area (Å²) in [6.45, 7) is 5.17. The van der Waals surface area contributed by atoms with Crippen LogP contribution in [0.1, 0.15) is 32.6 Å². The Labute approximate surface area is 85.3 Å². The number of nitrogens with zero attached hydrogens (tertiary/aromatic N) is 1. The Hall–Kier alpha value is -0.120. The van der Waals surface area contributed by atoms with Gasteiger partial charge in [-0.3, -0.25) is 4.84 Å². The summed E-state index contributed by atoms with van der Waals surface area (Å²) >= 11 is 0. The molecule has 3 saturated heterocycles. The molecule has 1 aliphatic carbocycles. The SMILES string of the molecule is CC1(CN2OC3CCC2CC3)COC1. The molecule has 0 unspecified atom stereocenters. The first-order valence-electron chi connectivity index (χ1n) is 5.76. The summed E-state index contributed by atoms with van der Waals surface area (Å²) in [5.41, 5.74) is 0.359. The molecule has 3 aliphatic heterocycles. The van der Waals surface area contributed by atoms with Crippen LogP contribution in [0.15, 0.2) is 0 Å². The predicted octanol–water partition coefficient (Wildman–Crippen LogP) is 1.58. The highest BCUT2D eigenvalue weighted by Gasteiger charge is 2.41. The summed E-state index contributed by atoms with van der Waals surface area (Å²) < 4.78 is 5.28. The molecule has 2 bridgehead atoms. The minimum atomic E-state index is 0.359. The average Bonchev–Trinajstić information content (AvgIpc) is 2.17. The minimum absolute atomic E-state index is 0.359. The van der Waals surface area contributed by atoms with E-state index in [0.717, 1.165) is 19.8 Å². The van der Waals surface area contributed by atoms with Crippen LogP contribution in [0.25, 0.3) is 0 Å². The van der Waals surface area contributed by atoms with Crippen molar-refractivity contribution in [3.8, 4) is 0 Å². The summed E-state index contributed by atoms with van der Waals surface area (Å²) in [7, 11) is 0. The Morgan fingerprint density at radius 2 is 1.93 bits per heavy atom. The lowest BCUT2D eigenvalue weighted by molar-refractivity contribution is -0.298. The van der Waals surface area contributed by atoms with Crippen molar-refractivity contribution in [3.63, 3.8) is 0 Å². The standard InChI is InChI=1S/C11H19NO2/c1-11(7-13-8-11)6-12-9-2-4-10(14-12)5-3-9/h9-10H,2-8H2,1H3. The molecule has 1 saturated carbocycles. The number of hydrogen-bond acceptors (Lipinski definition) is 3. The molecule has 4 fully saturated rings. The summed E-state index contributed by atoms with van der Waals surface area (Å²) in [5, 5.41) is 2.25. The molecule has 3 heterocycles. The van der Waals surface area contributed by atoms with Crippen LogP contribution < -0.4 is 0 Å². The fourth-order valence-electron chi connectivity index (χ4n) is 2.80. The van der Waals surface area contributed by atoms with E-state index in [0.29, 0.717) is 17.6 Å². The fourth-order valence-corrected chi connectivity index (χ4v) is 2.80. The van der Waals surface area contributed by atoms with Gasteiger partial charge in [0.25, 0.3) is 0 Å². The highest BCUT2D eigenvalue weighted by Crippen LogP contribution is 2.36. The monoisotopic (exact) mass is 197 g/mol. The second kappa shape index (κ2) is 3.19.